The predicted octanol–water partition coefficient (Wildman–Crippen LogP) is 5.19. The van der Waals surface area contributed by atoms with Gasteiger partial charge in [-0.1, -0.05) is 41.5 Å². The minimum absolute atomic E-state index is 0.0934. The van der Waals surface area contributed by atoms with Crippen LogP contribution in [0.2, 0.25) is 36.3 Å². The molecule has 0 spiro atoms. The Morgan fingerprint density at radius 3 is 1.62 bits per heavy atom. The van der Waals surface area contributed by atoms with Crippen LogP contribution >= 0.6 is 0 Å². The zero-order chi connectivity index (χ0) is 30.0. The van der Waals surface area contributed by atoms with Crippen LogP contribution in [0.3, 0.4) is 0 Å². The van der Waals surface area contributed by atoms with E-state index in [4.69, 9.17) is 23.1 Å². The van der Waals surface area contributed by atoms with E-state index in [-0.39, 0.29) is 25.1 Å². The lowest BCUT2D eigenvalue weighted by molar-refractivity contribution is -0.208. The van der Waals surface area contributed by atoms with E-state index in [0.717, 1.165) is 36.3 Å². The van der Waals surface area contributed by atoms with Gasteiger partial charge in [-0.25, -0.2) is 4.79 Å². The van der Waals surface area contributed by atoms with Crippen LogP contribution in [-0.4, -0.2) is 78.2 Å². The Hall–Kier alpha value is -1.28. The van der Waals surface area contributed by atoms with E-state index in [2.05, 4.69) is 46.9 Å². The number of nitrogens with one attached hydrogen (secondary N) is 1. The van der Waals surface area contributed by atoms with E-state index in [9.17, 15) is 14.4 Å². The van der Waals surface area contributed by atoms with Crippen molar-refractivity contribution >= 4 is 34.5 Å². The maximum atomic E-state index is 13.2. The number of carbonyl (C=O) groups excluding carboxylic acids is 3. The summed E-state index contributed by atoms with van der Waals surface area (Å²) < 4.78 is 31.7. The second-order valence-corrected chi connectivity index (χ2v) is 21.0. The van der Waals surface area contributed by atoms with E-state index < -0.39 is 58.5 Å². The summed E-state index contributed by atoms with van der Waals surface area (Å²) in [4.78, 5) is 38.5. The Bertz CT molecular complexity index is 778. The Balaban J connectivity index is 3.78. The lowest BCUT2D eigenvalue weighted by Gasteiger charge is -2.50. The molecule has 1 rings (SSSR count). The first kappa shape index (κ1) is 35.8. The van der Waals surface area contributed by atoms with Crippen LogP contribution in [0.25, 0.3) is 0 Å². The van der Waals surface area contributed by atoms with Gasteiger partial charge in [0.1, 0.15) is 18.8 Å². The average molecular weight is 590 g/mol. The van der Waals surface area contributed by atoms with E-state index in [1.54, 1.807) is 27.7 Å². The molecule has 0 aliphatic carbocycles. The van der Waals surface area contributed by atoms with Gasteiger partial charge in [0.25, 0.3) is 0 Å². The van der Waals surface area contributed by atoms with E-state index >= 15 is 0 Å². The molecule has 1 fully saturated rings. The molecule has 0 aromatic carbocycles. The third-order valence-corrected chi connectivity index (χ3v) is 17.5. The monoisotopic (exact) mass is 589 g/mol. The summed E-state index contributed by atoms with van der Waals surface area (Å²) >= 11 is 0. The Morgan fingerprint density at radius 2 is 1.23 bits per heavy atom. The lowest BCUT2D eigenvalue weighted by Crippen LogP contribution is -2.70. The third-order valence-electron chi connectivity index (χ3n) is 8.21. The minimum atomic E-state index is -2.26. The zero-order valence-corrected chi connectivity index (χ0v) is 28.3. The van der Waals surface area contributed by atoms with E-state index in [1.165, 1.54) is 6.92 Å². The van der Waals surface area contributed by atoms with Gasteiger partial charge in [-0.2, -0.15) is 0 Å². The molecule has 0 saturated carbocycles. The molecule has 0 radical (unpaired) electrons. The van der Waals surface area contributed by atoms with Crippen molar-refractivity contribution in [1.82, 2.24) is 5.32 Å². The summed E-state index contributed by atoms with van der Waals surface area (Å²) in [7, 11) is -4.50. The number of ether oxygens (including phenoxy) is 3. The van der Waals surface area contributed by atoms with Gasteiger partial charge in [-0.15, -0.1) is 0 Å². The molecule has 39 heavy (non-hydrogen) atoms. The first-order valence-electron chi connectivity index (χ1n) is 14.8. The standard InChI is InChI=1S/C28H55NO8Si2/c1-12-33-26(31)25-22(29-20(8)30)24(37-39(16-5,17-6)18-7)23(36-38(13-2,14-3)15-4)21(35-25)19-34-27(32)28(9,10)11/h21-25H,12-19H2,1-11H3,(H,29,30)/t21-,22?,23-,24-,25?/m1/s1. The minimum Gasteiger partial charge on any atom is -0.464 e. The summed E-state index contributed by atoms with van der Waals surface area (Å²) in [5.74, 6) is -1.26. The fourth-order valence-corrected chi connectivity index (χ4v) is 10.8. The fourth-order valence-electron chi connectivity index (χ4n) is 5.13. The van der Waals surface area contributed by atoms with Gasteiger partial charge in [-0.3, -0.25) is 9.59 Å². The van der Waals surface area contributed by atoms with Crippen molar-refractivity contribution in [3.05, 3.63) is 0 Å². The molecule has 1 aliphatic rings. The van der Waals surface area contributed by atoms with Crippen molar-refractivity contribution in [3.63, 3.8) is 0 Å². The van der Waals surface area contributed by atoms with Crippen molar-refractivity contribution in [2.75, 3.05) is 13.2 Å². The van der Waals surface area contributed by atoms with Gasteiger partial charge in [-0.05, 0) is 64.0 Å². The number of amides is 1. The molecule has 11 heteroatoms. The quantitative estimate of drug-likeness (QED) is 0.205. The largest absolute Gasteiger partial charge is 0.464 e. The SMILES string of the molecule is CCOC(=O)C1O[C@H](COC(=O)C(C)(C)C)[C@@H](O[Si](CC)(CC)CC)[C@H](O[Si](CC)(CC)CC)C1NC(C)=O. The average Bonchev–Trinajstić information content (AvgIpc) is 2.90. The summed E-state index contributed by atoms with van der Waals surface area (Å²) in [6.07, 6.45) is -3.20. The number of hydrogen-bond acceptors (Lipinski definition) is 8. The third kappa shape index (κ3) is 9.38. The first-order chi connectivity index (χ1) is 18.2. The van der Waals surface area contributed by atoms with Gasteiger partial charge in [0.05, 0.1) is 24.2 Å². The first-order valence-corrected chi connectivity index (χ1v) is 19.9. The molecule has 9 nitrogen and oxygen atoms in total. The molecule has 2 unspecified atom stereocenters. The van der Waals surface area contributed by atoms with Crippen LogP contribution in [0.5, 0.6) is 0 Å². The molecule has 1 saturated heterocycles. The molecule has 1 heterocycles. The van der Waals surface area contributed by atoms with Crippen LogP contribution in [0.1, 0.15) is 76.2 Å². The van der Waals surface area contributed by atoms with Crippen LogP contribution in [0.15, 0.2) is 0 Å². The highest BCUT2D eigenvalue weighted by atomic mass is 28.4. The Morgan fingerprint density at radius 1 is 0.769 bits per heavy atom. The molecule has 0 aromatic rings. The summed E-state index contributed by atoms with van der Waals surface area (Å²) in [6.45, 7) is 21.4. The topological polar surface area (TPSA) is 109 Å². The van der Waals surface area contributed by atoms with Gasteiger partial charge >= 0.3 is 11.9 Å². The summed E-state index contributed by atoms with van der Waals surface area (Å²) in [6, 6.07) is 4.49. The molecule has 1 aliphatic heterocycles. The van der Waals surface area contributed by atoms with Crippen molar-refractivity contribution in [2.45, 2.75) is 143 Å². The normalized spacial score (nSPS) is 24.2. The fraction of sp³-hybridized carbons (Fsp3) is 0.893. The highest BCUT2D eigenvalue weighted by Crippen LogP contribution is 2.36. The predicted molar refractivity (Wildman–Crippen MR) is 157 cm³/mol. The second-order valence-electron chi connectivity index (χ2n) is 11.6. The molecular formula is C28H55NO8Si2. The van der Waals surface area contributed by atoms with Crippen LogP contribution in [0, 0.1) is 5.41 Å². The number of carbonyl (C=O) groups is 3. The zero-order valence-electron chi connectivity index (χ0n) is 26.3. The Kier molecular flexibility index (Phi) is 14.3. The van der Waals surface area contributed by atoms with Crippen molar-refractivity contribution in [3.8, 4) is 0 Å². The molecule has 1 N–H and O–H groups in total. The molecule has 5 atom stereocenters. The maximum Gasteiger partial charge on any atom is 0.337 e. The van der Waals surface area contributed by atoms with Crippen LogP contribution in [0.4, 0.5) is 0 Å². The number of esters is 2. The van der Waals surface area contributed by atoms with Crippen LogP contribution in [-0.2, 0) is 37.4 Å². The smallest absolute Gasteiger partial charge is 0.337 e. The van der Waals surface area contributed by atoms with Gasteiger partial charge in [0, 0.05) is 6.92 Å². The van der Waals surface area contributed by atoms with E-state index in [0.29, 0.717) is 0 Å². The highest BCUT2D eigenvalue weighted by Gasteiger charge is 2.55. The van der Waals surface area contributed by atoms with Crippen LogP contribution < -0.4 is 5.32 Å². The number of rotatable bonds is 15. The van der Waals surface area contributed by atoms with Gasteiger partial charge < -0.3 is 28.4 Å². The van der Waals surface area contributed by atoms with E-state index in [1.807, 2.05) is 0 Å². The Labute approximate surface area is 238 Å². The molecule has 0 aromatic heterocycles. The van der Waals surface area contributed by atoms with Crippen molar-refractivity contribution in [2.24, 2.45) is 5.41 Å². The molecular weight excluding hydrogens is 534 g/mol. The lowest BCUT2D eigenvalue weighted by atomic mass is 9.92. The molecule has 0 bridgehead atoms. The van der Waals surface area contributed by atoms with Crippen molar-refractivity contribution in [1.29, 1.82) is 0 Å². The second kappa shape index (κ2) is 15.6. The van der Waals surface area contributed by atoms with Gasteiger partial charge in [0.2, 0.25) is 5.91 Å². The van der Waals surface area contributed by atoms with Gasteiger partial charge in [0.15, 0.2) is 22.7 Å². The summed E-state index contributed by atoms with van der Waals surface area (Å²) in [5.41, 5.74) is -0.705. The molecule has 1 amide bonds. The maximum absolute atomic E-state index is 13.2. The van der Waals surface area contributed by atoms with Crippen molar-refractivity contribution < 1.29 is 37.4 Å². The number of hydrogen-bond donors (Lipinski definition) is 1. The summed E-state index contributed by atoms with van der Waals surface area (Å²) in [5, 5.41) is 2.96. The highest BCUT2D eigenvalue weighted by molar-refractivity contribution is 6.74. The molecule has 228 valence electrons.